The molecule has 0 aromatic rings. The fraction of sp³-hybridized carbons (Fsp3) is 0.917. The van der Waals surface area contributed by atoms with Crippen LogP contribution < -0.4 is 5.32 Å². The van der Waals surface area contributed by atoms with Crippen LogP contribution in [0.2, 0.25) is 0 Å². The molecular weight excluding hydrogens is 190 g/mol. The molecule has 1 aliphatic carbocycles. The van der Waals surface area contributed by atoms with Gasteiger partial charge in [0.25, 0.3) is 0 Å². The molecule has 0 atom stereocenters. The van der Waals surface area contributed by atoms with E-state index < -0.39 is 0 Å². The molecule has 1 saturated carbocycles. The molecule has 0 aliphatic heterocycles. The molecule has 0 unspecified atom stereocenters. The molecule has 0 spiro atoms. The van der Waals surface area contributed by atoms with Gasteiger partial charge in [-0.2, -0.15) is 0 Å². The fourth-order valence-corrected chi connectivity index (χ4v) is 2.30. The summed E-state index contributed by atoms with van der Waals surface area (Å²) in [6.07, 6.45) is 5.92. The molecule has 0 saturated heterocycles. The zero-order valence-electron chi connectivity index (χ0n) is 10.1. The number of carbonyl (C=O) groups excluding carboxylic acids is 1. The largest absolute Gasteiger partial charge is 0.447 e. The van der Waals surface area contributed by atoms with E-state index in [9.17, 15) is 4.79 Å². The summed E-state index contributed by atoms with van der Waals surface area (Å²) >= 11 is 0. The van der Waals surface area contributed by atoms with Gasteiger partial charge in [0.1, 0.15) is 0 Å². The first kappa shape index (κ1) is 12.3. The van der Waals surface area contributed by atoms with Crippen molar-refractivity contribution in [3.63, 3.8) is 0 Å². The van der Waals surface area contributed by atoms with E-state index in [1.807, 2.05) is 13.8 Å². The quantitative estimate of drug-likeness (QED) is 0.779. The molecular formula is C12H23NO2. The molecule has 0 aromatic heterocycles. The number of hydrogen-bond acceptors (Lipinski definition) is 2. The summed E-state index contributed by atoms with van der Waals surface area (Å²) < 4.78 is 5.05. The Morgan fingerprint density at radius 2 is 2.00 bits per heavy atom. The van der Waals surface area contributed by atoms with Crippen molar-refractivity contribution in [2.45, 2.75) is 59.0 Å². The van der Waals surface area contributed by atoms with Crippen molar-refractivity contribution in [1.29, 1.82) is 0 Å². The van der Waals surface area contributed by atoms with E-state index >= 15 is 0 Å². The number of alkyl carbamates (subject to hydrolysis) is 1. The van der Waals surface area contributed by atoms with Crippen molar-refractivity contribution in [2.75, 3.05) is 6.54 Å². The summed E-state index contributed by atoms with van der Waals surface area (Å²) in [5.41, 5.74) is 0.343. The molecule has 88 valence electrons. The van der Waals surface area contributed by atoms with Gasteiger partial charge >= 0.3 is 6.09 Å². The topological polar surface area (TPSA) is 38.3 Å². The first-order valence-corrected chi connectivity index (χ1v) is 6.02. The second-order valence-electron chi connectivity index (χ2n) is 4.87. The number of nitrogens with one attached hydrogen (secondary N) is 1. The van der Waals surface area contributed by atoms with Gasteiger partial charge < -0.3 is 10.1 Å². The lowest BCUT2D eigenvalue weighted by molar-refractivity contribution is 0.110. The van der Waals surface area contributed by atoms with Crippen LogP contribution in [0.5, 0.6) is 0 Å². The summed E-state index contributed by atoms with van der Waals surface area (Å²) in [5, 5.41) is 2.89. The number of ether oxygens (including phenoxy) is 1. The van der Waals surface area contributed by atoms with Gasteiger partial charge in [-0.1, -0.05) is 19.8 Å². The summed E-state index contributed by atoms with van der Waals surface area (Å²) in [7, 11) is 0. The minimum Gasteiger partial charge on any atom is -0.447 e. The van der Waals surface area contributed by atoms with Gasteiger partial charge in [0.2, 0.25) is 0 Å². The van der Waals surface area contributed by atoms with E-state index in [2.05, 4.69) is 12.2 Å². The maximum atomic E-state index is 11.3. The zero-order chi connectivity index (χ0) is 11.3. The Kier molecular flexibility index (Phi) is 4.43. The molecule has 0 bridgehead atoms. The second-order valence-corrected chi connectivity index (χ2v) is 4.87. The predicted molar refractivity (Wildman–Crippen MR) is 60.8 cm³/mol. The van der Waals surface area contributed by atoms with Crippen LogP contribution in [0.4, 0.5) is 4.79 Å². The van der Waals surface area contributed by atoms with E-state index in [0.29, 0.717) is 5.41 Å². The van der Waals surface area contributed by atoms with Crippen molar-refractivity contribution in [3.05, 3.63) is 0 Å². The third kappa shape index (κ3) is 3.73. The van der Waals surface area contributed by atoms with E-state index in [0.717, 1.165) is 13.0 Å². The minimum atomic E-state index is -0.273. The van der Waals surface area contributed by atoms with E-state index in [1.165, 1.54) is 25.7 Å². The van der Waals surface area contributed by atoms with Gasteiger partial charge in [-0.3, -0.25) is 0 Å². The van der Waals surface area contributed by atoms with Crippen molar-refractivity contribution in [3.8, 4) is 0 Å². The molecule has 0 radical (unpaired) electrons. The lowest BCUT2D eigenvalue weighted by Gasteiger charge is -2.27. The average molecular weight is 213 g/mol. The lowest BCUT2D eigenvalue weighted by Crippen LogP contribution is -2.36. The summed E-state index contributed by atoms with van der Waals surface area (Å²) in [4.78, 5) is 11.3. The molecule has 1 amide bonds. The van der Waals surface area contributed by atoms with E-state index in [4.69, 9.17) is 4.74 Å². The second kappa shape index (κ2) is 5.38. The van der Waals surface area contributed by atoms with E-state index in [-0.39, 0.29) is 12.2 Å². The van der Waals surface area contributed by atoms with Crippen LogP contribution in [0.25, 0.3) is 0 Å². The molecule has 1 rings (SSSR count). The van der Waals surface area contributed by atoms with Gasteiger partial charge in [-0.25, -0.2) is 4.79 Å². The van der Waals surface area contributed by atoms with E-state index in [1.54, 1.807) is 0 Å². The van der Waals surface area contributed by atoms with Crippen LogP contribution in [0, 0.1) is 5.41 Å². The number of hydrogen-bond donors (Lipinski definition) is 1. The standard InChI is InChI=1S/C12H23NO2/c1-4-12(7-5-6-8-12)9-13-11(14)15-10(2)3/h10H,4-9H2,1-3H3,(H,13,14). The molecule has 1 N–H and O–H groups in total. The Morgan fingerprint density at radius 3 is 2.47 bits per heavy atom. The highest BCUT2D eigenvalue weighted by Crippen LogP contribution is 2.40. The van der Waals surface area contributed by atoms with Gasteiger partial charge in [-0.15, -0.1) is 0 Å². The Labute approximate surface area is 92.6 Å². The van der Waals surface area contributed by atoms with Crippen molar-refractivity contribution in [1.82, 2.24) is 5.32 Å². The summed E-state index contributed by atoms with van der Waals surface area (Å²) in [6, 6.07) is 0. The van der Waals surface area contributed by atoms with Crippen LogP contribution in [0.1, 0.15) is 52.9 Å². The minimum absolute atomic E-state index is 0.0360. The lowest BCUT2D eigenvalue weighted by atomic mass is 9.83. The van der Waals surface area contributed by atoms with Gasteiger partial charge in [0.05, 0.1) is 6.10 Å². The van der Waals surface area contributed by atoms with Gasteiger partial charge in [-0.05, 0) is 38.5 Å². The molecule has 15 heavy (non-hydrogen) atoms. The van der Waals surface area contributed by atoms with Crippen LogP contribution in [0.3, 0.4) is 0 Å². The van der Waals surface area contributed by atoms with Crippen molar-refractivity contribution >= 4 is 6.09 Å². The zero-order valence-corrected chi connectivity index (χ0v) is 10.1. The molecule has 1 fully saturated rings. The smallest absolute Gasteiger partial charge is 0.407 e. The van der Waals surface area contributed by atoms with Crippen LogP contribution in [-0.2, 0) is 4.74 Å². The SMILES string of the molecule is CCC1(CNC(=O)OC(C)C)CCCC1. The van der Waals surface area contributed by atoms with Crippen LogP contribution >= 0.6 is 0 Å². The third-order valence-electron chi connectivity index (χ3n) is 3.36. The highest BCUT2D eigenvalue weighted by atomic mass is 16.6. The van der Waals surface area contributed by atoms with Gasteiger partial charge in [0.15, 0.2) is 0 Å². The van der Waals surface area contributed by atoms with Crippen LogP contribution in [0.15, 0.2) is 0 Å². The predicted octanol–water partition coefficient (Wildman–Crippen LogP) is 3.09. The number of amides is 1. The highest BCUT2D eigenvalue weighted by molar-refractivity contribution is 5.67. The fourth-order valence-electron chi connectivity index (χ4n) is 2.30. The molecule has 3 heteroatoms. The maximum Gasteiger partial charge on any atom is 0.407 e. The summed E-state index contributed by atoms with van der Waals surface area (Å²) in [5.74, 6) is 0. The molecule has 0 aromatic carbocycles. The first-order chi connectivity index (χ1) is 7.08. The Hall–Kier alpha value is -0.730. The Bertz CT molecular complexity index is 208. The van der Waals surface area contributed by atoms with Gasteiger partial charge in [0, 0.05) is 6.54 Å². The molecule has 0 heterocycles. The monoisotopic (exact) mass is 213 g/mol. The number of carbonyl (C=O) groups is 1. The first-order valence-electron chi connectivity index (χ1n) is 6.02. The number of rotatable bonds is 4. The van der Waals surface area contributed by atoms with Crippen molar-refractivity contribution in [2.24, 2.45) is 5.41 Å². The van der Waals surface area contributed by atoms with Crippen LogP contribution in [-0.4, -0.2) is 18.7 Å². The average Bonchev–Trinajstić information content (AvgIpc) is 2.63. The third-order valence-corrected chi connectivity index (χ3v) is 3.36. The Morgan fingerprint density at radius 1 is 1.40 bits per heavy atom. The van der Waals surface area contributed by atoms with Crippen molar-refractivity contribution < 1.29 is 9.53 Å². The highest BCUT2D eigenvalue weighted by Gasteiger charge is 2.32. The normalized spacial score (nSPS) is 19.2. The summed E-state index contributed by atoms with van der Waals surface area (Å²) in [6.45, 7) is 6.71. The Balaban J connectivity index is 2.31. The molecule has 3 nitrogen and oxygen atoms in total. The molecule has 1 aliphatic rings. The maximum absolute atomic E-state index is 11.3.